The van der Waals surface area contributed by atoms with Crippen LogP contribution in [0.25, 0.3) is 0 Å². The van der Waals surface area contributed by atoms with Gasteiger partial charge in [-0.15, -0.1) is 0 Å². The zero-order chi connectivity index (χ0) is 13.7. The molecule has 0 unspecified atom stereocenters. The normalized spacial score (nSPS) is 16.0. The summed E-state index contributed by atoms with van der Waals surface area (Å²) in [5.41, 5.74) is 3.38. The molecule has 0 spiro atoms. The SMILES string of the molecule is Cc1cc(NCCN(C)C2CCCC2)nc(NN)n1. The van der Waals surface area contributed by atoms with E-state index in [0.717, 1.165) is 30.6 Å². The molecule has 1 aliphatic carbocycles. The predicted octanol–water partition coefficient (Wildman–Crippen LogP) is 1.36. The maximum absolute atomic E-state index is 5.34. The zero-order valence-electron chi connectivity index (χ0n) is 11.8. The van der Waals surface area contributed by atoms with Gasteiger partial charge >= 0.3 is 0 Å². The Hall–Kier alpha value is -1.40. The fourth-order valence-corrected chi connectivity index (χ4v) is 2.61. The van der Waals surface area contributed by atoms with Crippen molar-refractivity contribution in [3.05, 3.63) is 11.8 Å². The number of hydrogen-bond acceptors (Lipinski definition) is 6. The molecule has 1 saturated carbocycles. The van der Waals surface area contributed by atoms with E-state index in [1.807, 2.05) is 13.0 Å². The second-order valence-corrected chi connectivity index (χ2v) is 5.21. The molecule has 0 bridgehead atoms. The Bertz CT molecular complexity index is 402. The van der Waals surface area contributed by atoms with Gasteiger partial charge in [-0.3, -0.25) is 5.43 Å². The van der Waals surface area contributed by atoms with E-state index < -0.39 is 0 Å². The van der Waals surface area contributed by atoms with Crippen molar-refractivity contribution in [2.24, 2.45) is 5.84 Å². The van der Waals surface area contributed by atoms with Crippen LogP contribution in [-0.2, 0) is 0 Å². The van der Waals surface area contributed by atoms with Gasteiger partial charge in [0.25, 0.3) is 0 Å². The molecule has 1 fully saturated rings. The van der Waals surface area contributed by atoms with Crippen LogP contribution in [-0.4, -0.2) is 41.0 Å². The van der Waals surface area contributed by atoms with Crippen molar-refractivity contribution in [1.29, 1.82) is 0 Å². The van der Waals surface area contributed by atoms with Crippen LogP contribution in [0, 0.1) is 6.92 Å². The summed E-state index contributed by atoms with van der Waals surface area (Å²) in [5, 5.41) is 3.33. The Balaban J connectivity index is 1.80. The van der Waals surface area contributed by atoms with Gasteiger partial charge in [0, 0.05) is 30.9 Å². The zero-order valence-corrected chi connectivity index (χ0v) is 11.8. The number of likely N-dealkylation sites (N-methyl/N-ethyl adjacent to an activating group) is 1. The minimum Gasteiger partial charge on any atom is -0.369 e. The topological polar surface area (TPSA) is 79.1 Å². The molecule has 0 radical (unpaired) electrons. The van der Waals surface area contributed by atoms with Crippen LogP contribution in [0.5, 0.6) is 0 Å². The number of hydrogen-bond donors (Lipinski definition) is 3. The van der Waals surface area contributed by atoms with E-state index in [0.29, 0.717) is 5.95 Å². The number of aryl methyl sites for hydroxylation is 1. The van der Waals surface area contributed by atoms with E-state index in [2.05, 4.69) is 32.7 Å². The number of anilines is 2. The van der Waals surface area contributed by atoms with E-state index >= 15 is 0 Å². The van der Waals surface area contributed by atoms with E-state index in [4.69, 9.17) is 5.84 Å². The third-order valence-electron chi connectivity index (χ3n) is 3.70. The van der Waals surface area contributed by atoms with E-state index in [9.17, 15) is 0 Å². The molecule has 0 aliphatic heterocycles. The molecule has 1 heterocycles. The third kappa shape index (κ3) is 4.04. The van der Waals surface area contributed by atoms with Gasteiger partial charge in [0.1, 0.15) is 5.82 Å². The largest absolute Gasteiger partial charge is 0.369 e. The minimum atomic E-state index is 0.451. The molecule has 2 rings (SSSR count). The molecule has 6 heteroatoms. The summed E-state index contributed by atoms with van der Waals surface area (Å²) in [6, 6.07) is 2.69. The van der Waals surface area contributed by atoms with Crippen molar-refractivity contribution in [2.45, 2.75) is 38.6 Å². The predicted molar refractivity (Wildman–Crippen MR) is 78.0 cm³/mol. The van der Waals surface area contributed by atoms with Crippen LogP contribution in [0.3, 0.4) is 0 Å². The van der Waals surface area contributed by atoms with Gasteiger partial charge in [-0.25, -0.2) is 10.8 Å². The first-order chi connectivity index (χ1) is 9.19. The maximum atomic E-state index is 5.34. The molecule has 4 N–H and O–H groups in total. The van der Waals surface area contributed by atoms with Gasteiger partial charge in [-0.1, -0.05) is 12.8 Å². The van der Waals surface area contributed by atoms with Crippen molar-refractivity contribution in [1.82, 2.24) is 14.9 Å². The summed E-state index contributed by atoms with van der Waals surface area (Å²) >= 11 is 0. The lowest BCUT2D eigenvalue weighted by Gasteiger charge is -2.24. The smallest absolute Gasteiger partial charge is 0.239 e. The Kier molecular flexibility index (Phi) is 4.93. The number of hydrazine groups is 1. The standard InChI is InChI=1S/C13H24N6/c1-10-9-12(17-13(16-10)18-14)15-7-8-19(2)11-5-3-4-6-11/h9,11H,3-8,14H2,1-2H3,(H2,15,16,17,18). The molecule has 1 aliphatic rings. The molecule has 0 saturated heterocycles. The molecular weight excluding hydrogens is 240 g/mol. The second-order valence-electron chi connectivity index (χ2n) is 5.21. The van der Waals surface area contributed by atoms with Crippen LogP contribution in [0.4, 0.5) is 11.8 Å². The average Bonchev–Trinajstić information content (AvgIpc) is 2.92. The first-order valence-electron chi connectivity index (χ1n) is 6.95. The summed E-state index contributed by atoms with van der Waals surface area (Å²) < 4.78 is 0. The molecule has 0 aromatic carbocycles. The second kappa shape index (κ2) is 6.68. The summed E-state index contributed by atoms with van der Waals surface area (Å²) in [4.78, 5) is 10.9. The Morgan fingerprint density at radius 3 is 2.79 bits per heavy atom. The highest BCUT2D eigenvalue weighted by Crippen LogP contribution is 2.21. The van der Waals surface area contributed by atoms with Gasteiger partial charge in [-0.2, -0.15) is 4.98 Å². The third-order valence-corrected chi connectivity index (χ3v) is 3.70. The van der Waals surface area contributed by atoms with Gasteiger partial charge in [0.2, 0.25) is 5.95 Å². The highest BCUT2D eigenvalue weighted by molar-refractivity contribution is 5.41. The number of nitrogens with zero attached hydrogens (tertiary/aromatic N) is 3. The minimum absolute atomic E-state index is 0.451. The lowest BCUT2D eigenvalue weighted by atomic mass is 10.2. The molecule has 6 nitrogen and oxygen atoms in total. The Morgan fingerprint density at radius 2 is 2.11 bits per heavy atom. The number of rotatable bonds is 6. The molecule has 1 aromatic heterocycles. The fraction of sp³-hybridized carbons (Fsp3) is 0.692. The van der Waals surface area contributed by atoms with Crippen molar-refractivity contribution < 1.29 is 0 Å². The fourth-order valence-electron chi connectivity index (χ4n) is 2.61. The quantitative estimate of drug-likeness (QED) is 0.532. The van der Waals surface area contributed by atoms with Gasteiger partial charge in [-0.05, 0) is 26.8 Å². The Morgan fingerprint density at radius 1 is 1.37 bits per heavy atom. The summed E-state index contributed by atoms with van der Waals surface area (Å²) in [6.07, 6.45) is 5.42. The monoisotopic (exact) mass is 264 g/mol. The molecule has 19 heavy (non-hydrogen) atoms. The van der Waals surface area contributed by atoms with Gasteiger partial charge in [0.15, 0.2) is 0 Å². The molecule has 106 valence electrons. The van der Waals surface area contributed by atoms with E-state index in [1.54, 1.807) is 0 Å². The Labute approximate surface area is 114 Å². The molecular formula is C13H24N6. The van der Waals surface area contributed by atoms with Crippen molar-refractivity contribution >= 4 is 11.8 Å². The lowest BCUT2D eigenvalue weighted by molar-refractivity contribution is 0.254. The molecule has 0 atom stereocenters. The number of nitrogens with one attached hydrogen (secondary N) is 2. The van der Waals surface area contributed by atoms with Crippen LogP contribution < -0.4 is 16.6 Å². The molecule has 1 aromatic rings. The first-order valence-corrected chi connectivity index (χ1v) is 6.95. The summed E-state index contributed by atoms with van der Waals surface area (Å²) in [7, 11) is 2.20. The van der Waals surface area contributed by atoms with E-state index in [-0.39, 0.29) is 0 Å². The van der Waals surface area contributed by atoms with Crippen LogP contribution in [0.2, 0.25) is 0 Å². The average molecular weight is 264 g/mol. The first kappa shape index (κ1) is 14.0. The highest BCUT2D eigenvalue weighted by atomic mass is 15.3. The van der Waals surface area contributed by atoms with Crippen LogP contribution >= 0.6 is 0 Å². The number of nitrogen functional groups attached to an aromatic ring is 1. The molecule has 0 amide bonds. The van der Waals surface area contributed by atoms with E-state index in [1.165, 1.54) is 25.7 Å². The van der Waals surface area contributed by atoms with Crippen molar-refractivity contribution in [3.8, 4) is 0 Å². The summed E-state index contributed by atoms with van der Waals surface area (Å²) in [5.74, 6) is 6.61. The van der Waals surface area contributed by atoms with Gasteiger partial charge in [0.05, 0.1) is 0 Å². The number of aromatic nitrogens is 2. The van der Waals surface area contributed by atoms with Crippen LogP contribution in [0.1, 0.15) is 31.4 Å². The van der Waals surface area contributed by atoms with Crippen molar-refractivity contribution in [3.63, 3.8) is 0 Å². The summed E-state index contributed by atoms with van der Waals surface area (Å²) in [6.45, 7) is 3.84. The van der Waals surface area contributed by atoms with Crippen molar-refractivity contribution in [2.75, 3.05) is 30.9 Å². The number of nitrogens with two attached hydrogens (primary N) is 1. The van der Waals surface area contributed by atoms with Crippen LogP contribution in [0.15, 0.2) is 6.07 Å². The maximum Gasteiger partial charge on any atom is 0.239 e. The highest BCUT2D eigenvalue weighted by Gasteiger charge is 2.18. The lowest BCUT2D eigenvalue weighted by Crippen LogP contribution is -2.33. The van der Waals surface area contributed by atoms with Gasteiger partial charge < -0.3 is 10.2 Å².